The molecule has 0 bridgehead atoms. The maximum atomic E-state index is 13.9. The number of hydrogen-bond donors (Lipinski definition) is 1. The number of nitrogens with zero attached hydrogens (tertiary/aromatic N) is 1. The van der Waals surface area contributed by atoms with Crippen LogP contribution in [0.2, 0.25) is 0 Å². The number of fused-ring (bicyclic) bond motifs is 1. The Kier molecular flexibility index (Phi) is 3.11. The smallest absolute Gasteiger partial charge is 0.246 e. The maximum Gasteiger partial charge on any atom is 0.246 e. The molecule has 1 aromatic rings. The Bertz CT molecular complexity index is 591. The van der Waals surface area contributed by atoms with Gasteiger partial charge in [-0.25, -0.2) is 12.8 Å². The van der Waals surface area contributed by atoms with Gasteiger partial charge in [-0.2, -0.15) is 4.31 Å². The van der Waals surface area contributed by atoms with Crippen LogP contribution < -0.4 is 5.32 Å². The monoisotopic (exact) mass is 284 g/mol. The summed E-state index contributed by atoms with van der Waals surface area (Å²) in [5.74, 6) is 0.0711. The van der Waals surface area contributed by atoms with Crippen LogP contribution in [0.1, 0.15) is 5.56 Å². The summed E-state index contributed by atoms with van der Waals surface area (Å²) in [5.41, 5.74) is 0.721. The molecule has 0 spiro atoms. The SMILES string of the molecule is Cc1ccc(S(=O)(=O)N2C[C@H]3CNC[C@H]3C2)c(F)c1. The van der Waals surface area contributed by atoms with E-state index in [0.29, 0.717) is 24.9 Å². The molecular formula is C13H17FN2O2S. The lowest BCUT2D eigenvalue weighted by molar-refractivity contribution is 0.443. The number of benzene rings is 1. The number of sulfonamides is 1. The van der Waals surface area contributed by atoms with E-state index in [4.69, 9.17) is 0 Å². The molecule has 2 saturated heterocycles. The molecule has 0 aromatic heterocycles. The molecule has 0 aliphatic carbocycles. The fraction of sp³-hybridized carbons (Fsp3) is 0.538. The average molecular weight is 284 g/mol. The zero-order valence-electron chi connectivity index (χ0n) is 10.8. The van der Waals surface area contributed by atoms with Crippen molar-refractivity contribution in [3.8, 4) is 0 Å². The third-order valence-corrected chi connectivity index (χ3v) is 5.93. The highest BCUT2D eigenvalue weighted by atomic mass is 32.2. The van der Waals surface area contributed by atoms with Crippen molar-refractivity contribution in [2.24, 2.45) is 11.8 Å². The number of nitrogens with one attached hydrogen (secondary N) is 1. The van der Waals surface area contributed by atoms with E-state index in [9.17, 15) is 12.8 Å². The van der Waals surface area contributed by atoms with Crippen molar-refractivity contribution in [1.29, 1.82) is 0 Å². The van der Waals surface area contributed by atoms with Gasteiger partial charge in [0.05, 0.1) is 0 Å². The van der Waals surface area contributed by atoms with E-state index >= 15 is 0 Å². The highest BCUT2D eigenvalue weighted by Gasteiger charge is 2.42. The van der Waals surface area contributed by atoms with Crippen LogP contribution in [0.5, 0.6) is 0 Å². The summed E-state index contributed by atoms with van der Waals surface area (Å²) in [6.07, 6.45) is 0. The van der Waals surface area contributed by atoms with Crippen molar-refractivity contribution < 1.29 is 12.8 Å². The molecule has 2 aliphatic heterocycles. The van der Waals surface area contributed by atoms with E-state index in [1.807, 2.05) is 0 Å². The Balaban J connectivity index is 1.91. The molecule has 1 N–H and O–H groups in total. The van der Waals surface area contributed by atoms with Crippen molar-refractivity contribution in [1.82, 2.24) is 9.62 Å². The first-order valence-electron chi connectivity index (χ1n) is 6.45. The fourth-order valence-corrected chi connectivity index (χ4v) is 4.56. The van der Waals surface area contributed by atoms with Crippen molar-refractivity contribution in [2.45, 2.75) is 11.8 Å². The van der Waals surface area contributed by atoms with Gasteiger partial charge in [0.25, 0.3) is 0 Å². The lowest BCUT2D eigenvalue weighted by Gasteiger charge is -2.18. The molecule has 1 aromatic carbocycles. The predicted molar refractivity (Wildman–Crippen MR) is 69.7 cm³/mol. The van der Waals surface area contributed by atoms with Crippen LogP contribution in [0.4, 0.5) is 4.39 Å². The molecule has 2 heterocycles. The zero-order valence-corrected chi connectivity index (χ0v) is 11.6. The summed E-state index contributed by atoms with van der Waals surface area (Å²) in [6.45, 7) is 4.44. The third kappa shape index (κ3) is 2.17. The van der Waals surface area contributed by atoms with Crippen LogP contribution in [0.25, 0.3) is 0 Å². The Morgan fingerprint density at radius 2 is 1.89 bits per heavy atom. The summed E-state index contributed by atoms with van der Waals surface area (Å²) >= 11 is 0. The second-order valence-corrected chi connectivity index (χ2v) is 7.34. The topological polar surface area (TPSA) is 49.4 Å². The van der Waals surface area contributed by atoms with E-state index in [2.05, 4.69) is 5.32 Å². The summed E-state index contributed by atoms with van der Waals surface area (Å²) in [4.78, 5) is -0.203. The maximum absolute atomic E-state index is 13.9. The number of hydrogen-bond acceptors (Lipinski definition) is 3. The summed E-state index contributed by atoms with van der Waals surface area (Å²) in [6, 6.07) is 4.27. The largest absolute Gasteiger partial charge is 0.316 e. The highest BCUT2D eigenvalue weighted by molar-refractivity contribution is 7.89. The van der Waals surface area contributed by atoms with Crippen molar-refractivity contribution in [3.05, 3.63) is 29.6 Å². The predicted octanol–water partition coefficient (Wildman–Crippen LogP) is 0.974. The first-order valence-corrected chi connectivity index (χ1v) is 7.89. The Labute approximate surface area is 112 Å². The first kappa shape index (κ1) is 13.0. The molecule has 3 rings (SSSR count). The van der Waals surface area contributed by atoms with Gasteiger partial charge in [-0.15, -0.1) is 0 Å². The van der Waals surface area contributed by atoms with Crippen LogP contribution in [0.15, 0.2) is 23.1 Å². The van der Waals surface area contributed by atoms with Gasteiger partial charge in [0, 0.05) is 13.1 Å². The molecule has 0 radical (unpaired) electrons. The number of halogens is 1. The highest BCUT2D eigenvalue weighted by Crippen LogP contribution is 2.31. The van der Waals surface area contributed by atoms with Gasteiger partial charge < -0.3 is 5.32 Å². The quantitative estimate of drug-likeness (QED) is 0.880. The van der Waals surface area contributed by atoms with Crippen molar-refractivity contribution in [3.63, 3.8) is 0 Å². The van der Waals surface area contributed by atoms with Crippen molar-refractivity contribution in [2.75, 3.05) is 26.2 Å². The summed E-state index contributed by atoms with van der Waals surface area (Å²) < 4.78 is 40.2. The lowest BCUT2D eigenvalue weighted by Crippen LogP contribution is -2.32. The molecule has 2 atom stereocenters. The Morgan fingerprint density at radius 3 is 2.47 bits per heavy atom. The van der Waals surface area contributed by atoms with Gasteiger partial charge in [-0.1, -0.05) is 6.07 Å². The average Bonchev–Trinajstić information content (AvgIpc) is 2.87. The number of aryl methyl sites for hydroxylation is 1. The van der Waals surface area contributed by atoms with E-state index < -0.39 is 15.8 Å². The van der Waals surface area contributed by atoms with Crippen LogP contribution in [-0.4, -0.2) is 38.9 Å². The van der Waals surface area contributed by atoms with Crippen LogP contribution >= 0.6 is 0 Å². The van der Waals surface area contributed by atoms with Gasteiger partial charge in [-0.05, 0) is 49.5 Å². The molecule has 0 saturated carbocycles. The van der Waals surface area contributed by atoms with Crippen molar-refractivity contribution >= 4 is 10.0 Å². The van der Waals surface area contributed by atoms with Gasteiger partial charge >= 0.3 is 0 Å². The molecule has 0 amide bonds. The zero-order chi connectivity index (χ0) is 13.6. The lowest BCUT2D eigenvalue weighted by atomic mass is 10.0. The van der Waals surface area contributed by atoms with E-state index in [0.717, 1.165) is 18.7 Å². The second-order valence-electron chi connectivity index (χ2n) is 5.43. The van der Waals surface area contributed by atoms with Crippen LogP contribution in [0, 0.1) is 24.6 Å². The van der Waals surface area contributed by atoms with Gasteiger partial charge in [0.2, 0.25) is 10.0 Å². The molecular weight excluding hydrogens is 267 g/mol. The normalized spacial score (nSPS) is 27.7. The third-order valence-electron chi connectivity index (χ3n) is 4.06. The molecule has 0 unspecified atom stereocenters. The Morgan fingerprint density at radius 1 is 1.26 bits per heavy atom. The molecule has 6 heteroatoms. The van der Waals surface area contributed by atoms with E-state index in [-0.39, 0.29) is 4.90 Å². The molecule has 19 heavy (non-hydrogen) atoms. The molecule has 2 fully saturated rings. The second kappa shape index (κ2) is 4.54. The van der Waals surface area contributed by atoms with Gasteiger partial charge in [0.1, 0.15) is 10.7 Å². The fourth-order valence-electron chi connectivity index (χ4n) is 2.96. The van der Waals surface area contributed by atoms with Crippen LogP contribution in [-0.2, 0) is 10.0 Å². The minimum atomic E-state index is -3.70. The minimum absolute atomic E-state index is 0.203. The summed E-state index contributed by atoms with van der Waals surface area (Å²) in [7, 11) is -3.70. The Hall–Kier alpha value is -0.980. The number of rotatable bonds is 2. The van der Waals surface area contributed by atoms with Gasteiger partial charge in [0.15, 0.2) is 0 Å². The summed E-state index contributed by atoms with van der Waals surface area (Å²) in [5, 5.41) is 3.26. The first-order chi connectivity index (χ1) is 8.98. The molecule has 2 aliphatic rings. The van der Waals surface area contributed by atoms with Gasteiger partial charge in [-0.3, -0.25) is 0 Å². The standard InChI is InChI=1S/C13H17FN2O2S/c1-9-2-3-13(12(14)4-9)19(17,18)16-7-10-5-15-6-11(10)8-16/h2-4,10-11,15H,5-8H2,1H3/t10-,11+. The molecule has 4 nitrogen and oxygen atoms in total. The van der Waals surface area contributed by atoms with Crippen LogP contribution in [0.3, 0.4) is 0 Å². The van der Waals surface area contributed by atoms with E-state index in [1.165, 1.54) is 16.4 Å². The minimum Gasteiger partial charge on any atom is -0.316 e. The molecule has 104 valence electrons. The van der Waals surface area contributed by atoms with E-state index in [1.54, 1.807) is 13.0 Å².